The van der Waals surface area contributed by atoms with Crippen LogP contribution in [0.4, 0.5) is 5.82 Å². The van der Waals surface area contributed by atoms with E-state index in [9.17, 15) is 4.79 Å². The van der Waals surface area contributed by atoms with Crippen LogP contribution in [0.25, 0.3) is 0 Å². The van der Waals surface area contributed by atoms with Gasteiger partial charge in [-0.25, -0.2) is 9.78 Å². The molecule has 1 aromatic heterocycles. The predicted octanol–water partition coefficient (Wildman–Crippen LogP) is 3.89. The summed E-state index contributed by atoms with van der Waals surface area (Å²) in [6, 6.07) is 6.44. The zero-order valence-corrected chi connectivity index (χ0v) is 15.8. The molecule has 1 aromatic carbocycles. The lowest BCUT2D eigenvalue weighted by molar-refractivity contribution is 0.0696. The van der Waals surface area contributed by atoms with Crippen molar-refractivity contribution in [1.82, 2.24) is 9.88 Å². The van der Waals surface area contributed by atoms with Crippen LogP contribution in [0.2, 0.25) is 15.1 Å². The molecule has 0 saturated carbocycles. The largest absolute Gasteiger partial charge is 0.478 e. The number of rotatable bonds is 3. The first kappa shape index (κ1) is 18.8. The molecule has 0 spiro atoms. The molecule has 0 bridgehead atoms. The van der Waals surface area contributed by atoms with Gasteiger partial charge in [-0.15, -0.1) is 0 Å². The van der Waals surface area contributed by atoms with E-state index in [0.717, 1.165) is 0 Å². The molecule has 26 heavy (non-hydrogen) atoms. The number of aromatic carboxylic acids is 1. The highest BCUT2D eigenvalue weighted by molar-refractivity contribution is 6.36. The normalized spacial score (nSPS) is 14.4. The summed E-state index contributed by atoms with van der Waals surface area (Å²) in [5.74, 6) is -0.205. The third kappa shape index (κ3) is 3.87. The van der Waals surface area contributed by atoms with Gasteiger partial charge in [-0.05, 0) is 24.3 Å². The van der Waals surface area contributed by atoms with E-state index in [0.29, 0.717) is 58.5 Å². The van der Waals surface area contributed by atoms with Crippen LogP contribution in [0.15, 0.2) is 30.5 Å². The molecule has 6 nitrogen and oxygen atoms in total. The van der Waals surface area contributed by atoms with Gasteiger partial charge in [-0.3, -0.25) is 5.41 Å². The van der Waals surface area contributed by atoms with Crippen molar-refractivity contribution in [3.8, 4) is 0 Å². The summed E-state index contributed by atoms with van der Waals surface area (Å²) >= 11 is 18.4. The Morgan fingerprint density at radius 2 is 1.77 bits per heavy atom. The minimum Gasteiger partial charge on any atom is -0.478 e. The summed E-state index contributed by atoms with van der Waals surface area (Å²) in [5, 5.41) is 18.7. The molecule has 0 aliphatic carbocycles. The third-order valence-electron chi connectivity index (χ3n) is 4.15. The van der Waals surface area contributed by atoms with Crippen molar-refractivity contribution < 1.29 is 9.90 Å². The fourth-order valence-electron chi connectivity index (χ4n) is 2.77. The molecule has 3 rings (SSSR count). The summed E-state index contributed by atoms with van der Waals surface area (Å²) in [6.07, 6.45) is 1.30. The Morgan fingerprint density at radius 1 is 1.08 bits per heavy atom. The number of nitrogens with zero attached hydrogens (tertiary/aromatic N) is 3. The SMILES string of the molecule is N=C(c1cc(Cl)ccc1Cl)N1CCN(c2ncc(C(=O)O)cc2Cl)CC1. The summed E-state index contributed by atoms with van der Waals surface area (Å²) in [7, 11) is 0. The van der Waals surface area contributed by atoms with Crippen LogP contribution in [0.1, 0.15) is 15.9 Å². The number of carbonyl (C=O) groups is 1. The molecule has 0 radical (unpaired) electrons. The van der Waals surface area contributed by atoms with Crippen molar-refractivity contribution in [2.24, 2.45) is 0 Å². The first-order valence-corrected chi connectivity index (χ1v) is 8.93. The maximum atomic E-state index is 11.0. The zero-order valence-electron chi connectivity index (χ0n) is 13.5. The van der Waals surface area contributed by atoms with Crippen LogP contribution in [-0.4, -0.2) is 53.0 Å². The molecule has 0 amide bonds. The summed E-state index contributed by atoms with van der Waals surface area (Å²) in [6.45, 7) is 2.36. The van der Waals surface area contributed by atoms with Gasteiger partial charge in [0.2, 0.25) is 0 Å². The highest BCUT2D eigenvalue weighted by atomic mass is 35.5. The van der Waals surface area contributed by atoms with Crippen LogP contribution >= 0.6 is 34.8 Å². The number of hydrogen-bond acceptors (Lipinski definition) is 4. The first-order valence-electron chi connectivity index (χ1n) is 7.79. The second-order valence-electron chi connectivity index (χ2n) is 5.78. The zero-order chi connectivity index (χ0) is 18.8. The molecule has 1 aliphatic heterocycles. The van der Waals surface area contributed by atoms with Gasteiger partial charge in [-0.1, -0.05) is 34.8 Å². The molecule has 136 valence electrons. The van der Waals surface area contributed by atoms with E-state index in [1.807, 2.05) is 9.80 Å². The van der Waals surface area contributed by atoms with Gasteiger partial charge in [0.1, 0.15) is 11.7 Å². The molecule has 1 fully saturated rings. The lowest BCUT2D eigenvalue weighted by Crippen LogP contribution is -2.49. The van der Waals surface area contributed by atoms with E-state index in [2.05, 4.69) is 4.98 Å². The molecular formula is C17H15Cl3N4O2. The van der Waals surface area contributed by atoms with Gasteiger partial charge in [-0.2, -0.15) is 0 Å². The minimum atomic E-state index is -1.07. The van der Waals surface area contributed by atoms with Crippen molar-refractivity contribution in [1.29, 1.82) is 5.41 Å². The Morgan fingerprint density at radius 3 is 2.38 bits per heavy atom. The maximum Gasteiger partial charge on any atom is 0.337 e. The fraction of sp³-hybridized carbons (Fsp3) is 0.235. The van der Waals surface area contributed by atoms with Crippen LogP contribution in [0.5, 0.6) is 0 Å². The molecular weight excluding hydrogens is 399 g/mol. The van der Waals surface area contributed by atoms with Gasteiger partial charge < -0.3 is 14.9 Å². The minimum absolute atomic E-state index is 0.0507. The van der Waals surface area contributed by atoms with E-state index in [1.54, 1.807) is 18.2 Å². The number of nitrogens with one attached hydrogen (secondary N) is 1. The number of pyridine rings is 1. The Kier molecular flexibility index (Phi) is 5.55. The summed E-state index contributed by atoms with van der Waals surface area (Å²) in [5.41, 5.74) is 0.643. The Balaban J connectivity index is 1.70. The van der Waals surface area contributed by atoms with Gasteiger partial charge >= 0.3 is 5.97 Å². The van der Waals surface area contributed by atoms with Gasteiger partial charge in [0, 0.05) is 43.0 Å². The topological polar surface area (TPSA) is 80.5 Å². The van der Waals surface area contributed by atoms with Gasteiger partial charge in [0.25, 0.3) is 0 Å². The molecule has 9 heteroatoms. The van der Waals surface area contributed by atoms with Crippen LogP contribution in [0, 0.1) is 5.41 Å². The highest BCUT2D eigenvalue weighted by Gasteiger charge is 2.23. The number of carboxylic acids is 1. The lowest BCUT2D eigenvalue weighted by Gasteiger charge is -2.37. The molecule has 2 N–H and O–H groups in total. The van der Waals surface area contributed by atoms with Crippen LogP contribution in [-0.2, 0) is 0 Å². The molecule has 2 heterocycles. The Labute approximate surface area is 165 Å². The van der Waals surface area contributed by atoms with Crippen molar-refractivity contribution in [3.63, 3.8) is 0 Å². The van der Waals surface area contributed by atoms with Crippen molar-refractivity contribution >= 4 is 52.4 Å². The Bertz CT molecular complexity index is 867. The number of anilines is 1. The van der Waals surface area contributed by atoms with Crippen molar-refractivity contribution in [2.45, 2.75) is 0 Å². The lowest BCUT2D eigenvalue weighted by atomic mass is 10.1. The standard InChI is InChI=1S/C17H15Cl3N4O2/c18-11-1-2-13(19)12(8-11)15(21)23-3-5-24(6-4-23)16-14(20)7-10(9-22-16)17(25)26/h1-2,7-9,21H,3-6H2,(H,25,26). The van der Waals surface area contributed by atoms with E-state index in [4.69, 9.17) is 45.3 Å². The number of amidine groups is 1. The highest BCUT2D eigenvalue weighted by Crippen LogP contribution is 2.26. The van der Waals surface area contributed by atoms with Gasteiger partial charge in [0.15, 0.2) is 0 Å². The fourth-order valence-corrected chi connectivity index (χ4v) is 3.44. The van der Waals surface area contributed by atoms with E-state index in [1.165, 1.54) is 12.3 Å². The van der Waals surface area contributed by atoms with Crippen LogP contribution in [0.3, 0.4) is 0 Å². The predicted molar refractivity (Wildman–Crippen MR) is 103 cm³/mol. The molecule has 0 unspecified atom stereocenters. The molecule has 0 atom stereocenters. The van der Waals surface area contributed by atoms with E-state index >= 15 is 0 Å². The monoisotopic (exact) mass is 412 g/mol. The Hall–Kier alpha value is -2.02. The molecule has 1 aliphatic rings. The second kappa shape index (κ2) is 7.70. The molecule has 2 aromatic rings. The average Bonchev–Trinajstić information content (AvgIpc) is 2.63. The smallest absolute Gasteiger partial charge is 0.337 e. The number of carboxylic acid groups (broad SMARTS) is 1. The number of piperazine rings is 1. The average molecular weight is 414 g/mol. The molecule has 1 saturated heterocycles. The maximum absolute atomic E-state index is 11.0. The summed E-state index contributed by atoms with van der Waals surface area (Å²) in [4.78, 5) is 19.0. The third-order valence-corrected chi connectivity index (χ3v) is 4.99. The van der Waals surface area contributed by atoms with E-state index < -0.39 is 5.97 Å². The van der Waals surface area contributed by atoms with Crippen molar-refractivity contribution in [2.75, 3.05) is 31.1 Å². The number of halogens is 3. The first-order chi connectivity index (χ1) is 12.4. The van der Waals surface area contributed by atoms with Crippen molar-refractivity contribution in [3.05, 3.63) is 56.7 Å². The quantitative estimate of drug-likeness (QED) is 0.589. The van der Waals surface area contributed by atoms with Gasteiger partial charge in [0.05, 0.1) is 15.6 Å². The number of benzene rings is 1. The van der Waals surface area contributed by atoms with E-state index in [-0.39, 0.29) is 5.56 Å². The summed E-state index contributed by atoms with van der Waals surface area (Å²) < 4.78 is 0. The van der Waals surface area contributed by atoms with Crippen LogP contribution < -0.4 is 4.90 Å². The second-order valence-corrected chi connectivity index (χ2v) is 7.03. The number of aromatic nitrogens is 1. The number of hydrogen-bond donors (Lipinski definition) is 2.